The minimum Gasteiger partial charge on any atom is -0.412 e. The molecule has 0 aliphatic rings. The van der Waals surface area contributed by atoms with Crippen LogP contribution in [0.4, 0.5) is 8.78 Å². The van der Waals surface area contributed by atoms with Gasteiger partial charge in [0.05, 0.1) is 47.6 Å². The molecular weight excluding hydrogens is 514 g/mol. The Labute approximate surface area is 216 Å². The first-order chi connectivity index (χ1) is 16.9. The fraction of sp³-hybridized carbons (Fsp3) is 0.292. The molecule has 0 bridgehead atoms. The summed E-state index contributed by atoms with van der Waals surface area (Å²) in [5.41, 5.74) is 1.21. The number of nitrogens with zero attached hydrogens (tertiary/aromatic N) is 4. The fourth-order valence-corrected chi connectivity index (χ4v) is 3.41. The molecule has 4 rings (SSSR count). The molecule has 13 heteroatoms. The fourth-order valence-electron chi connectivity index (χ4n) is 3.41. The molecule has 200 valence electrons. The number of rotatable bonds is 8. The molecule has 4 heterocycles. The Kier molecular flexibility index (Phi) is 12.6. The second kappa shape index (κ2) is 14.9. The number of ether oxygens (including phenoxy) is 2. The number of fused-ring (bicyclic) bond motifs is 2. The first kappa shape index (κ1) is 31.4. The van der Waals surface area contributed by atoms with Crippen LogP contribution < -0.4 is 11.1 Å². The lowest BCUT2D eigenvalue weighted by atomic mass is 10.3. The zero-order valence-corrected chi connectivity index (χ0v) is 20.9. The van der Waals surface area contributed by atoms with Crippen LogP contribution in [0, 0.1) is 11.6 Å². The number of carbonyl (C=O) groups excluding carboxylic acids is 1. The number of hydrogen-bond donors (Lipinski definition) is 0. The number of pyridine rings is 4. The minimum absolute atomic E-state index is 0. The summed E-state index contributed by atoms with van der Waals surface area (Å²) >= 11 is 0. The van der Waals surface area contributed by atoms with Gasteiger partial charge in [-0.1, -0.05) is 0 Å². The SMILES string of the molecule is CCOC(Cn1c(=O)ccc2ncc(F)cc21)OCC.Cl.O.O=CCn1c(=O)ccc2ncc(F)cc21. The number of carbonyl (C=O) groups is 1. The van der Waals surface area contributed by atoms with E-state index in [2.05, 4.69) is 9.97 Å². The normalized spacial score (nSPS) is 10.4. The Bertz CT molecular complexity index is 1440. The van der Waals surface area contributed by atoms with Crippen molar-refractivity contribution in [1.82, 2.24) is 19.1 Å². The number of hydrogen-bond acceptors (Lipinski definition) is 7. The highest BCUT2D eigenvalue weighted by Gasteiger charge is 2.13. The first-order valence-corrected chi connectivity index (χ1v) is 10.8. The lowest BCUT2D eigenvalue weighted by molar-refractivity contribution is -0.143. The topological polar surface area (TPSA) is 137 Å². The van der Waals surface area contributed by atoms with E-state index < -0.39 is 17.9 Å². The molecule has 2 N–H and O–H groups in total. The summed E-state index contributed by atoms with van der Waals surface area (Å²) in [6, 6.07) is 8.26. The highest BCUT2D eigenvalue weighted by molar-refractivity contribution is 5.85. The molecule has 10 nitrogen and oxygen atoms in total. The molecule has 0 unspecified atom stereocenters. The van der Waals surface area contributed by atoms with Gasteiger partial charge in [0.15, 0.2) is 6.29 Å². The van der Waals surface area contributed by atoms with Gasteiger partial charge in [-0.15, -0.1) is 12.4 Å². The van der Waals surface area contributed by atoms with Crippen molar-refractivity contribution >= 4 is 40.8 Å². The highest BCUT2D eigenvalue weighted by Crippen LogP contribution is 2.12. The first-order valence-electron chi connectivity index (χ1n) is 10.8. The molecule has 0 atom stereocenters. The number of aldehydes is 1. The quantitative estimate of drug-likeness (QED) is 0.247. The second-order valence-electron chi connectivity index (χ2n) is 7.19. The van der Waals surface area contributed by atoms with Gasteiger partial charge in [0.2, 0.25) is 0 Å². The van der Waals surface area contributed by atoms with E-state index >= 15 is 0 Å². The largest absolute Gasteiger partial charge is 0.412 e. The van der Waals surface area contributed by atoms with E-state index in [4.69, 9.17) is 9.47 Å². The maximum absolute atomic E-state index is 13.3. The van der Waals surface area contributed by atoms with Crippen molar-refractivity contribution in [3.63, 3.8) is 0 Å². The average Bonchev–Trinajstić information content (AvgIpc) is 2.83. The van der Waals surface area contributed by atoms with Crippen molar-refractivity contribution in [2.75, 3.05) is 13.2 Å². The molecule has 0 spiro atoms. The van der Waals surface area contributed by atoms with E-state index in [0.29, 0.717) is 41.6 Å². The highest BCUT2D eigenvalue weighted by atomic mass is 35.5. The van der Waals surface area contributed by atoms with Crippen LogP contribution >= 0.6 is 12.4 Å². The van der Waals surface area contributed by atoms with Gasteiger partial charge in [0, 0.05) is 37.5 Å². The van der Waals surface area contributed by atoms with Gasteiger partial charge < -0.3 is 24.3 Å². The lowest BCUT2D eigenvalue weighted by Gasteiger charge is -2.19. The van der Waals surface area contributed by atoms with Crippen LogP contribution in [0.15, 0.2) is 58.4 Å². The molecule has 0 amide bonds. The molecule has 4 aromatic rings. The van der Waals surface area contributed by atoms with E-state index in [0.717, 1.165) is 12.4 Å². The van der Waals surface area contributed by atoms with Crippen molar-refractivity contribution in [2.45, 2.75) is 33.2 Å². The van der Waals surface area contributed by atoms with Crippen LogP contribution in [0.25, 0.3) is 22.1 Å². The minimum atomic E-state index is -0.545. The maximum Gasteiger partial charge on any atom is 0.251 e. The Morgan fingerprint density at radius 1 is 0.865 bits per heavy atom. The van der Waals surface area contributed by atoms with Crippen molar-refractivity contribution in [2.24, 2.45) is 0 Å². The van der Waals surface area contributed by atoms with E-state index in [1.807, 2.05) is 13.8 Å². The molecule has 37 heavy (non-hydrogen) atoms. The maximum atomic E-state index is 13.3. The number of halogens is 3. The second-order valence-corrected chi connectivity index (χ2v) is 7.19. The van der Waals surface area contributed by atoms with Crippen molar-refractivity contribution in [1.29, 1.82) is 0 Å². The predicted molar refractivity (Wildman–Crippen MR) is 136 cm³/mol. The molecule has 0 aliphatic carbocycles. The molecule has 0 saturated carbocycles. The molecule has 0 aliphatic heterocycles. The molecule has 4 aromatic heterocycles. The van der Waals surface area contributed by atoms with Gasteiger partial charge in [-0.3, -0.25) is 24.1 Å². The van der Waals surface area contributed by atoms with Gasteiger partial charge >= 0.3 is 0 Å². The van der Waals surface area contributed by atoms with Gasteiger partial charge in [-0.2, -0.15) is 0 Å². The summed E-state index contributed by atoms with van der Waals surface area (Å²) in [6.07, 6.45) is 2.24. The molecular formula is C24H27ClF2N4O6. The van der Waals surface area contributed by atoms with Crippen molar-refractivity contribution in [3.05, 3.63) is 81.1 Å². The summed E-state index contributed by atoms with van der Waals surface area (Å²) in [5, 5.41) is 0. The van der Waals surface area contributed by atoms with E-state index in [9.17, 15) is 23.2 Å². The molecule has 0 radical (unpaired) electrons. The van der Waals surface area contributed by atoms with Crippen molar-refractivity contribution in [3.8, 4) is 0 Å². The summed E-state index contributed by atoms with van der Waals surface area (Å²) in [4.78, 5) is 41.5. The third-order valence-electron chi connectivity index (χ3n) is 4.90. The summed E-state index contributed by atoms with van der Waals surface area (Å²) in [5.74, 6) is -1.02. The number of aromatic nitrogens is 4. The van der Waals surface area contributed by atoms with Crippen LogP contribution in [-0.2, 0) is 27.4 Å². The summed E-state index contributed by atoms with van der Waals surface area (Å²) in [6.45, 7) is 4.73. The van der Waals surface area contributed by atoms with Gasteiger partial charge in [-0.25, -0.2) is 8.78 Å². The van der Waals surface area contributed by atoms with Crippen LogP contribution in [0.3, 0.4) is 0 Å². The third kappa shape index (κ3) is 7.95. The van der Waals surface area contributed by atoms with Crippen LogP contribution in [-0.4, -0.2) is 50.4 Å². The molecule has 0 saturated heterocycles. The van der Waals surface area contributed by atoms with Gasteiger partial charge in [-0.05, 0) is 26.0 Å². The van der Waals surface area contributed by atoms with E-state index in [1.165, 1.54) is 39.5 Å². The Hall–Kier alpha value is -3.58. The van der Waals surface area contributed by atoms with Crippen molar-refractivity contribution < 1.29 is 28.5 Å². The van der Waals surface area contributed by atoms with Crippen LogP contribution in [0.1, 0.15) is 13.8 Å². The molecule has 0 aromatic carbocycles. The van der Waals surface area contributed by atoms with E-state index in [-0.39, 0.29) is 42.1 Å². The summed E-state index contributed by atoms with van der Waals surface area (Å²) in [7, 11) is 0. The van der Waals surface area contributed by atoms with Crippen LogP contribution in [0.2, 0.25) is 0 Å². The summed E-state index contributed by atoms with van der Waals surface area (Å²) < 4.78 is 39.7. The predicted octanol–water partition coefficient (Wildman–Crippen LogP) is 2.27. The third-order valence-corrected chi connectivity index (χ3v) is 4.90. The average molecular weight is 541 g/mol. The molecule has 0 fully saturated rings. The van der Waals surface area contributed by atoms with E-state index in [1.54, 1.807) is 6.07 Å². The Balaban J connectivity index is 0.000000363. The lowest BCUT2D eigenvalue weighted by Crippen LogP contribution is -2.30. The smallest absolute Gasteiger partial charge is 0.251 e. The monoisotopic (exact) mass is 540 g/mol. The van der Waals surface area contributed by atoms with Gasteiger partial charge in [0.1, 0.15) is 17.9 Å². The Morgan fingerprint density at radius 2 is 1.32 bits per heavy atom. The Morgan fingerprint density at radius 3 is 1.78 bits per heavy atom. The standard InChI is InChI=1S/C14H17FN2O3.C10H7FN2O2.ClH.H2O/c1-3-19-14(20-4-2)9-17-12-7-10(15)8-16-11(12)5-6-13(17)18;11-7-5-9-8(12-6-7)1-2-10(15)13(9)3-4-14;;/h5-8,14H,3-4,9H2,1-2H3;1-2,4-6H,3H2;1H;1H2. The zero-order valence-electron chi connectivity index (χ0n) is 20.1. The zero-order chi connectivity index (χ0) is 25.4. The van der Waals surface area contributed by atoms with Gasteiger partial charge in [0.25, 0.3) is 11.1 Å². The van der Waals surface area contributed by atoms with Crippen LogP contribution in [0.5, 0.6) is 0 Å².